The molecule has 0 radical (unpaired) electrons. The van der Waals surface area contributed by atoms with Crippen molar-refractivity contribution in [2.24, 2.45) is 0 Å². The first-order chi connectivity index (χ1) is 30.7. The summed E-state index contributed by atoms with van der Waals surface area (Å²) in [6, 6.07) is 79.3. The topological polar surface area (TPSA) is 48.5 Å². The van der Waals surface area contributed by atoms with E-state index < -0.39 is 0 Å². The van der Waals surface area contributed by atoms with Gasteiger partial charge < -0.3 is 4.57 Å². The zero-order valence-corrected chi connectivity index (χ0v) is 33.6. The van der Waals surface area contributed by atoms with Gasteiger partial charge in [0, 0.05) is 38.4 Å². The van der Waals surface area contributed by atoms with Gasteiger partial charge in [0.1, 0.15) is 0 Å². The third kappa shape index (κ3) is 5.98. The summed E-state index contributed by atoms with van der Waals surface area (Å²) < 4.78 is 4.66. The fraction of sp³-hybridized carbons (Fsp3) is 0. The standard InChI is InChI=1S/C57H37N5/c1-4-14-38(15-5-1)40-24-26-42(27-25-40)43-32-34-46(35-33-43)61-51-22-12-10-20-47(51)49-36-37-50-48-21-11-13-23-52(48)62(54(50)53(49)61)57-59-55(44-18-8-3-9-19-44)58-56(60-57)45-30-28-41(29-31-45)39-16-6-2-7-17-39/h1-37H. The van der Waals surface area contributed by atoms with Gasteiger partial charge in [0.05, 0.1) is 22.1 Å². The Balaban J connectivity index is 1.07. The third-order valence-electron chi connectivity index (χ3n) is 12.0. The number of benzene rings is 9. The summed E-state index contributed by atoms with van der Waals surface area (Å²) in [5, 5.41) is 4.60. The Morgan fingerprint density at radius 1 is 0.242 bits per heavy atom. The number of nitrogens with zero attached hydrogens (tertiary/aromatic N) is 5. The van der Waals surface area contributed by atoms with Crippen LogP contribution in [0, 0.1) is 0 Å². The number of aromatic nitrogens is 5. The van der Waals surface area contributed by atoms with Crippen molar-refractivity contribution in [3.05, 3.63) is 224 Å². The Kier molecular flexibility index (Phi) is 8.42. The quantitative estimate of drug-likeness (QED) is 0.162. The van der Waals surface area contributed by atoms with E-state index in [0.717, 1.165) is 71.7 Å². The lowest BCUT2D eigenvalue weighted by atomic mass is 10.0. The minimum atomic E-state index is 0.561. The Labute approximate surface area is 358 Å². The van der Waals surface area contributed by atoms with Gasteiger partial charge in [-0.2, -0.15) is 9.97 Å². The highest BCUT2D eigenvalue weighted by Gasteiger charge is 2.23. The van der Waals surface area contributed by atoms with E-state index in [9.17, 15) is 0 Å². The first kappa shape index (κ1) is 35.5. The lowest BCUT2D eigenvalue weighted by Crippen LogP contribution is -2.07. The molecule has 0 aliphatic heterocycles. The van der Waals surface area contributed by atoms with Gasteiger partial charge in [-0.1, -0.05) is 200 Å². The molecule has 0 N–H and O–H groups in total. The van der Waals surface area contributed by atoms with Crippen molar-refractivity contribution in [2.75, 3.05) is 0 Å². The van der Waals surface area contributed by atoms with Gasteiger partial charge in [0.15, 0.2) is 11.6 Å². The largest absolute Gasteiger partial charge is 0.307 e. The maximum atomic E-state index is 5.34. The second-order valence-corrected chi connectivity index (χ2v) is 15.6. The molecule has 0 atom stereocenters. The molecule has 0 fully saturated rings. The number of hydrogen-bond donors (Lipinski definition) is 0. The monoisotopic (exact) mass is 791 g/mol. The zero-order chi connectivity index (χ0) is 41.0. The van der Waals surface area contributed by atoms with Crippen molar-refractivity contribution in [3.63, 3.8) is 0 Å². The molecule has 0 aliphatic carbocycles. The van der Waals surface area contributed by atoms with E-state index in [1.807, 2.05) is 24.3 Å². The van der Waals surface area contributed by atoms with E-state index in [2.05, 4.69) is 209 Å². The van der Waals surface area contributed by atoms with Gasteiger partial charge in [0.2, 0.25) is 5.95 Å². The number of hydrogen-bond acceptors (Lipinski definition) is 3. The van der Waals surface area contributed by atoms with Crippen molar-refractivity contribution in [1.82, 2.24) is 24.1 Å². The van der Waals surface area contributed by atoms with E-state index >= 15 is 0 Å². The molecular formula is C57H37N5. The summed E-state index contributed by atoms with van der Waals surface area (Å²) in [6.07, 6.45) is 0. The number of para-hydroxylation sites is 2. The molecule has 9 aromatic carbocycles. The summed E-state index contributed by atoms with van der Waals surface area (Å²) in [5.41, 5.74) is 14.3. The van der Waals surface area contributed by atoms with Crippen LogP contribution in [-0.4, -0.2) is 24.1 Å². The van der Waals surface area contributed by atoms with Gasteiger partial charge in [-0.15, -0.1) is 0 Å². The first-order valence-electron chi connectivity index (χ1n) is 20.9. The Bertz CT molecular complexity index is 3570. The third-order valence-corrected chi connectivity index (χ3v) is 12.0. The molecule has 0 saturated heterocycles. The van der Waals surface area contributed by atoms with Crippen molar-refractivity contribution >= 4 is 43.6 Å². The smallest absolute Gasteiger partial charge is 0.238 e. The minimum absolute atomic E-state index is 0.561. The van der Waals surface area contributed by atoms with Gasteiger partial charge >= 0.3 is 0 Å². The van der Waals surface area contributed by atoms with Gasteiger partial charge in [-0.05, 0) is 57.6 Å². The molecule has 0 spiro atoms. The Hall–Kier alpha value is -8.41. The highest BCUT2D eigenvalue weighted by Crippen LogP contribution is 2.42. The molecular weight excluding hydrogens is 755 g/mol. The molecule has 0 saturated carbocycles. The van der Waals surface area contributed by atoms with Crippen LogP contribution < -0.4 is 0 Å². The summed E-state index contributed by atoms with van der Waals surface area (Å²) in [7, 11) is 0. The molecule has 5 heteroatoms. The van der Waals surface area contributed by atoms with E-state index in [1.54, 1.807) is 0 Å². The van der Waals surface area contributed by atoms with Crippen LogP contribution >= 0.6 is 0 Å². The summed E-state index contributed by atoms with van der Waals surface area (Å²) in [4.78, 5) is 15.8. The molecule has 12 rings (SSSR count). The molecule has 0 unspecified atom stereocenters. The lowest BCUT2D eigenvalue weighted by molar-refractivity contribution is 0.953. The van der Waals surface area contributed by atoms with Gasteiger partial charge in [-0.25, -0.2) is 4.98 Å². The van der Waals surface area contributed by atoms with Crippen LogP contribution in [0.25, 0.3) is 111 Å². The second kappa shape index (κ2) is 14.7. The molecule has 62 heavy (non-hydrogen) atoms. The van der Waals surface area contributed by atoms with Crippen LogP contribution in [0.3, 0.4) is 0 Å². The fourth-order valence-corrected chi connectivity index (χ4v) is 9.02. The summed E-state index contributed by atoms with van der Waals surface area (Å²) in [5.74, 6) is 1.79. The summed E-state index contributed by atoms with van der Waals surface area (Å²) >= 11 is 0. The van der Waals surface area contributed by atoms with Crippen LogP contribution in [-0.2, 0) is 0 Å². The van der Waals surface area contributed by atoms with Crippen molar-refractivity contribution in [2.45, 2.75) is 0 Å². The van der Waals surface area contributed by atoms with E-state index in [1.165, 1.54) is 22.1 Å². The second-order valence-electron chi connectivity index (χ2n) is 15.6. The number of rotatable bonds is 7. The van der Waals surface area contributed by atoms with Gasteiger partial charge in [0.25, 0.3) is 0 Å². The average Bonchev–Trinajstić information content (AvgIpc) is 3.88. The molecule has 0 amide bonds. The molecule has 5 nitrogen and oxygen atoms in total. The predicted molar refractivity (Wildman–Crippen MR) is 256 cm³/mol. The average molecular weight is 792 g/mol. The first-order valence-corrected chi connectivity index (χ1v) is 20.9. The molecule has 12 aromatic rings. The van der Waals surface area contributed by atoms with E-state index in [4.69, 9.17) is 15.0 Å². The zero-order valence-electron chi connectivity index (χ0n) is 33.6. The van der Waals surface area contributed by atoms with Crippen molar-refractivity contribution < 1.29 is 0 Å². The van der Waals surface area contributed by atoms with Crippen LogP contribution in [0.1, 0.15) is 0 Å². The van der Waals surface area contributed by atoms with Crippen molar-refractivity contribution in [1.29, 1.82) is 0 Å². The Morgan fingerprint density at radius 2 is 0.581 bits per heavy atom. The van der Waals surface area contributed by atoms with E-state index in [-0.39, 0.29) is 0 Å². The van der Waals surface area contributed by atoms with Crippen LogP contribution in [0.5, 0.6) is 0 Å². The summed E-state index contributed by atoms with van der Waals surface area (Å²) in [6.45, 7) is 0. The highest BCUT2D eigenvalue weighted by atomic mass is 15.2. The Morgan fingerprint density at radius 3 is 1.06 bits per heavy atom. The minimum Gasteiger partial charge on any atom is -0.307 e. The fourth-order valence-electron chi connectivity index (χ4n) is 9.02. The van der Waals surface area contributed by atoms with Crippen LogP contribution in [0.4, 0.5) is 0 Å². The number of fused-ring (bicyclic) bond motifs is 7. The van der Waals surface area contributed by atoms with Crippen LogP contribution in [0.2, 0.25) is 0 Å². The van der Waals surface area contributed by atoms with E-state index in [0.29, 0.717) is 17.6 Å². The highest BCUT2D eigenvalue weighted by molar-refractivity contribution is 6.23. The molecule has 0 bridgehead atoms. The lowest BCUT2D eigenvalue weighted by Gasteiger charge is -2.14. The van der Waals surface area contributed by atoms with Crippen LogP contribution in [0.15, 0.2) is 224 Å². The molecule has 290 valence electrons. The predicted octanol–water partition coefficient (Wildman–Crippen LogP) is 14.4. The molecule has 3 aromatic heterocycles. The molecule has 0 aliphatic rings. The maximum Gasteiger partial charge on any atom is 0.238 e. The molecule has 3 heterocycles. The maximum absolute atomic E-state index is 5.34. The normalized spacial score (nSPS) is 11.5. The SMILES string of the molecule is c1ccc(-c2ccc(-c3ccc(-n4c5ccccc5c5ccc6c7ccccc7n(-c7nc(-c8ccccc8)nc(-c8ccc(-c9ccccc9)cc8)n7)c6c54)cc3)cc2)cc1. The van der Waals surface area contributed by atoms with Gasteiger partial charge in [-0.3, -0.25) is 4.57 Å². The van der Waals surface area contributed by atoms with Crippen molar-refractivity contribution in [3.8, 4) is 67.8 Å².